The second-order valence-corrected chi connectivity index (χ2v) is 9.96. The van der Waals surface area contributed by atoms with Gasteiger partial charge in [-0.2, -0.15) is 0 Å². The van der Waals surface area contributed by atoms with Crippen LogP contribution in [0.4, 0.5) is 10.3 Å². The van der Waals surface area contributed by atoms with Crippen LogP contribution in [0.3, 0.4) is 0 Å². The van der Waals surface area contributed by atoms with Crippen LogP contribution in [0.25, 0.3) is 0 Å². The summed E-state index contributed by atoms with van der Waals surface area (Å²) in [6.45, 7) is 2.05. The maximum Gasteiger partial charge on any atom is 0.257 e. The molecular formula is C19H19N5O2S3. The molecule has 7 nitrogen and oxygen atoms in total. The van der Waals surface area contributed by atoms with Crippen molar-refractivity contribution in [3.8, 4) is 0 Å². The molecule has 0 fully saturated rings. The van der Waals surface area contributed by atoms with Crippen molar-refractivity contribution >= 4 is 56.5 Å². The van der Waals surface area contributed by atoms with E-state index in [9.17, 15) is 9.59 Å². The molecule has 2 heterocycles. The number of aromatic nitrogens is 3. The molecule has 1 aromatic carbocycles. The molecule has 3 aromatic rings. The van der Waals surface area contributed by atoms with E-state index in [1.807, 2.05) is 25.1 Å². The molecule has 1 atom stereocenters. The number of anilines is 2. The summed E-state index contributed by atoms with van der Waals surface area (Å²) < 4.78 is 0.840. The van der Waals surface area contributed by atoms with E-state index in [4.69, 9.17) is 0 Å². The van der Waals surface area contributed by atoms with E-state index in [1.165, 1.54) is 22.7 Å². The van der Waals surface area contributed by atoms with Crippen LogP contribution in [0, 0.1) is 0 Å². The van der Waals surface area contributed by atoms with Crippen molar-refractivity contribution < 1.29 is 9.59 Å². The van der Waals surface area contributed by atoms with E-state index in [0.717, 1.165) is 39.9 Å². The number of hydrogen-bond acceptors (Lipinski definition) is 8. The van der Waals surface area contributed by atoms with E-state index >= 15 is 0 Å². The molecule has 2 amide bonds. The fourth-order valence-electron chi connectivity index (χ4n) is 3.12. The third kappa shape index (κ3) is 4.65. The number of rotatable bonds is 6. The van der Waals surface area contributed by atoms with Crippen molar-refractivity contribution in [2.24, 2.45) is 0 Å². The van der Waals surface area contributed by atoms with Gasteiger partial charge in [-0.25, -0.2) is 4.98 Å². The summed E-state index contributed by atoms with van der Waals surface area (Å²) in [4.78, 5) is 30.9. The number of benzene rings is 1. The summed E-state index contributed by atoms with van der Waals surface area (Å²) in [6.07, 6.45) is 2.50. The van der Waals surface area contributed by atoms with Gasteiger partial charge in [-0.3, -0.25) is 20.2 Å². The molecule has 0 bridgehead atoms. The molecule has 2 aromatic heterocycles. The first-order valence-electron chi connectivity index (χ1n) is 9.27. The van der Waals surface area contributed by atoms with Crippen molar-refractivity contribution in [3.63, 3.8) is 0 Å². The van der Waals surface area contributed by atoms with E-state index in [1.54, 1.807) is 23.9 Å². The second-order valence-electron chi connectivity index (χ2n) is 6.39. The number of fused-ring (bicyclic) bond motifs is 1. The Bertz CT molecular complexity index is 1020. The molecule has 1 unspecified atom stereocenters. The average Bonchev–Trinajstić information content (AvgIpc) is 3.34. The van der Waals surface area contributed by atoms with Gasteiger partial charge in [0.25, 0.3) is 5.91 Å². The number of nitrogens with zero attached hydrogens (tertiary/aromatic N) is 3. The number of hydrogen-bond donors (Lipinski definition) is 2. The van der Waals surface area contributed by atoms with Crippen molar-refractivity contribution in [2.75, 3.05) is 16.4 Å². The molecule has 0 spiro atoms. The van der Waals surface area contributed by atoms with Gasteiger partial charge in [0.05, 0.1) is 11.6 Å². The zero-order valence-electron chi connectivity index (χ0n) is 15.7. The van der Waals surface area contributed by atoms with E-state index < -0.39 is 0 Å². The average molecular weight is 446 g/mol. The normalized spacial score (nSPS) is 15.6. The molecule has 29 heavy (non-hydrogen) atoms. The van der Waals surface area contributed by atoms with Crippen LogP contribution in [0.2, 0.25) is 0 Å². The maximum absolute atomic E-state index is 12.8. The highest BCUT2D eigenvalue weighted by atomic mass is 32.2. The standard InChI is InChI=1S/C19H19N5O2S3/c1-2-27-19-24-23-18(29-19)22-16(26)12-9-6-10-13-14(12)20-17(28-13)21-15(25)11-7-4-3-5-8-11/h3-5,7-8,12H,2,6,9-10H2,1H3,(H,20,21,25)(H,22,23,26). The van der Waals surface area contributed by atoms with Gasteiger partial charge in [0.1, 0.15) is 0 Å². The van der Waals surface area contributed by atoms with E-state index in [0.29, 0.717) is 15.8 Å². The minimum atomic E-state index is -0.344. The van der Waals surface area contributed by atoms with Crippen LogP contribution in [0.1, 0.15) is 46.6 Å². The van der Waals surface area contributed by atoms with Crippen molar-refractivity contribution in [1.29, 1.82) is 0 Å². The first-order chi connectivity index (χ1) is 14.1. The number of carbonyl (C=O) groups is 2. The first-order valence-corrected chi connectivity index (χ1v) is 11.9. The van der Waals surface area contributed by atoms with Crippen LogP contribution in [0.15, 0.2) is 34.7 Å². The summed E-state index contributed by atoms with van der Waals surface area (Å²) in [7, 11) is 0. The van der Waals surface area contributed by atoms with Gasteiger partial charge in [0.2, 0.25) is 11.0 Å². The van der Waals surface area contributed by atoms with Gasteiger partial charge < -0.3 is 0 Å². The Balaban J connectivity index is 1.47. The topological polar surface area (TPSA) is 96.9 Å². The van der Waals surface area contributed by atoms with Crippen LogP contribution in [-0.4, -0.2) is 32.7 Å². The third-order valence-corrected chi connectivity index (χ3v) is 7.33. The Labute approximate surface area is 180 Å². The lowest BCUT2D eigenvalue weighted by Gasteiger charge is -2.19. The third-order valence-electron chi connectivity index (χ3n) is 4.43. The zero-order chi connectivity index (χ0) is 20.2. The summed E-state index contributed by atoms with van der Waals surface area (Å²) in [6, 6.07) is 9.02. The van der Waals surface area contributed by atoms with Crippen molar-refractivity contribution in [3.05, 3.63) is 46.5 Å². The summed E-state index contributed by atoms with van der Waals surface area (Å²) in [5, 5.41) is 14.9. The molecule has 0 saturated carbocycles. The fraction of sp³-hybridized carbons (Fsp3) is 0.316. The predicted octanol–water partition coefficient (Wildman–Crippen LogP) is 4.42. The van der Waals surface area contributed by atoms with Gasteiger partial charge in [-0.1, -0.05) is 48.2 Å². The maximum atomic E-state index is 12.8. The predicted molar refractivity (Wildman–Crippen MR) is 117 cm³/mol. The molecule has 150 valence electrons. The molecule has 0 saturated heterocycles. The first kappa shape index (κ1) is 20.0. The monoisotopic (exact) mass is 445 g/mol. The molecular weight excluding hydrogens is 426 g/mol. The molecule has 10 heteroatoms. The van der Waals surface area contributed by atoms with E-state index in [2.05, 4.69) is 25.8 Å². The molecule has 1 aliphatic carbocycles. The number of thioether (sulfide) groups is 1. The number of carbonyl (C=O) groups excluding carboxylic acids is 2. The molecule has 4 rings (SSSR count). The summed E-state index contributed by atoms with van der Waals surface area (Å²) in [5.41, 5.74) is 1.33. The number of nitrogens with one attached hydrogen (secondary N) is 2. The fourth-order valence-corrected chi connectivity index (χ4v) is 5.83. The Hall–Kier alpha value is -2.30. The van der Waals surface area contributed by atoms with Crippen LogP contribution >= 0.6 is 34.4 Å². The number of aryl methyl sites for hydroxylation is 1. The van der Waals surface area contributed by atoms with Crippen LogP contribution in [-0.2, 0) is 11.2 Å². The Morgan fingerprint density at radius 2 is 1.97 bits per heavy atom. The highest BCUT2D eigenvalue weighted by Gasteiger charge is 2.31. The molecule has 0 aliphatic heterocycles. The van der Waals surface area contributed by atoms with E-state index in [-0.39, 0.29) is 17.7 Å². The highest BCUT2D eigenvalue weighted by Crippen LogP contribution is 2.37. The Morgan fingerprint density at radius 3 is 2.76 bits per heavy atom. The number of amides is 2. The lowest BCUT2D eigenvalue weighted by Crippen LogP contribution is -2.24. The minimum absolute atomic E-state index is 0.124. The lowest BCUT2D eigenvalue weighted by molar-refractivity contribution is -0.117. The van der Waals surface area contributed by atoms with Gasteiger partial charge in [0, 0.05) is 10.4 Å². The SMILES string of the molecule is CCSc1nnc(NC(=O)C2CCCc3sc(NC(=O)c4ccccc4)nc32)s1. The Kier molecular flexibility index (Phi) is 6.22. The van der Waals surface area contributed by atoms with Crippen molar-refractivity contribution in [1.82, 2.24) is 15.2 Å². The Morgan fingerprint density at radius 1 is 1.14 bits per heavy atom. The molecule has 1 aliphatic rings. The second kappa shape index (κ2) is 9.02. The van der Waals surface area contributed by atoms with Gasteiger partial charge in [-0.15, -0.1) is 21.5 Å². The number of thiazole rings is 1. The zero-order valence-corrected chi connectivity index (χ0v) is 18.1. The van der Waals surface area contributed by atoms with Crippen LogP contribution in [0.5, 0.6) is 0 Å². The van der Waals surface area contributed by atoms with Gasteiger partial charge in [0.15, 0.2) is 9.47 Å². The van der Waals surface area contributed by atoms with Gasteiger partial charge in [-0.05, 0) is 37.1 Å². The smallest absolute Gasteiger partial charge is 0.257 e. The minimum Gasteiger partial charge on any atom is -0.300 e. The summed E-state index contributed by atoms with van der Waals surface area (Å²) >= 11 is 4.42. The lowest BCUT2D eigenvalue weighted by atomic mass is 9.90. The highest BCUT2D eigenvalue weighted by molar-refractivity contribution is 8.01. The van der Waals surface area contributed by atoms with Crippen molar-refractivity contribution in [2.45, 2.75) is 36.4 Å². The largest absolute Gasteiger partial charge is 0.300 e. The summed E-state index contributed by atoms with van der Waals surface area (Å²) in [5.74, 6) is 0.239. The quantitative estimate of drug-likeness (QED) is 0.431. The van der Waals surface area contributed by atoms with Crippen LogP contribution < -0.4 is 10.6 Å². The van der Waals surface area contributed by atoms with Gasteiger partial charge >= 0.3 is 0 Å². The molecule has 2 N–H and O–H groups in total. The molecule has 0 radical (unpaired) electrons.